The molecule has 0 spiro atoms. The predicted molar refractivity (Wildman–Crippen MR) is 166 cm³/mol. The first-order chi connectivity index (χ1) is 20.8. The van der Waals surface area contributed by atoms with E-state index in [4.69, 9.17) is 15.2 Å². The van der Waals surface area contributed by atoms with Crippen molar-refractivity contribution in [1.29, 1.82) is 0 Å². The normalized spacial score (nSPS) is 17.3. The molecule has 2 aliphatic rings. The lowest BCUT2D eigenvalue weighted by atomic mass is 9.99. The van der Waals surface area contributed by atoms with Crippen LogP contribution >= 0.6 is 11.3 Å². The highest BCUT2D eigenvalue weighted by Crippen LogP contribution is 2.50. The zero-order chi connectivity index (χ0) is 30.2. The number of urea groups is 1. The quantitative estimate of drug-likeness (QED) is 0.272. The summed E-state index contributed by atoms with van der Waals surface area (Å²) in [6, 6.07) is 16.2. The fourth-order valence-corrected chi connectivity index (χ4v) is 7.03. The SMILES string of the molecule is COCC(C)C(=O)N1CCC[C@@H](N2C(=O)N(c3ccc(Oc4ccccc4)cc3C)c3ccnc4sc(C(N)=O)c2c34)C1. The molecule has 4 amide bonds. The van der Waals surface area contributed by atoms with E-state index < -0.39 is 5.91 Å². The Balaban J connectivity index is 1.43. The van der Waals surface area contributed by atoms with Crippen molar-refractivity contribution in [3.8, 4) is 11.5 Å². The number of hydrogen-bond acceptors (Lipinski definition) is 7. The third-order valence-electron chi connectivity index (χ3n) is 7.95. The summed E-state index contributed by atoms with van der Waals surface area (Å²) >= 11 is 1.18. The zero-order valence-corrected chi connectivity index (χ0v) is 25.1. The van der Waals surface area contributed by atoms with Crippen LogP contribution in [-0.4, -0.2) is 60.6 Å². The summed E-state index contributed by atoms with van der Waals surface area (Å²) in [5.74, 6) is 0.406. The third kappa shape index (κ3) is 5.19. The maximum atomic E-state index is 14.7. The molecule has 222 valence electrons. The molecular weight excluding hydrogens is 566 g/mol. The largest absolute Gasteiger partial charge is 0.457 e. The minimum atomic E-state index is -0.619. The number of nitrogens with two attached hydrogens (primary N) is 1. The van der Waals surface area contributed by atoms with Crippen LogP contribution < -0.4 is 20.3 Å². The number of carbonyl (C=O) groups excluding carboxylic acids is 3. The Morgan fingerprint density at radius 2 is 1.91 bits per heavy atom. The number of amides is 4. The van der Waals surface area contributed by atoms with E-state index in [1.54, 1.807) is 34.1 Å². The molecule has 0 saturated carbocycles. The smallest absolute Gasteiger partial charge is 0.334 e. The average molecular weight is 600 g/mol. The molecule has 4 aromatic rings. The van der Waals surface area contributed by atoms with Gasteiger partial charge in [-0.05, 0) is 61.7 Å². The topological polar surface area (TPSA) is 118 Å². The van der Waals surface area contributed by atoms with Crippen molar-refractivity contribution in [3.63, 3.8) is 0 Å². The van der Waals surface area contributed by atoms with E-state index in [1.807, 2.05) is 62.4 Å². The molecule has 1 saturated heterocycles. The van der Waals surface area contributed by atoms with Gasteiger partial charge in [0.2, 0.25) is 5.91 Å². The minimum absolute atomic E-state index is 0.0228. The number of ether oxygens (including phenoxy) is 2. The van der Waals surface area contributed by atoms with Crippen LogP contribution in [0.25, 0.3) is 10.2 Å². The van der Waals surface area contributed by atoms with E-state index in [-0.39, 0.29) is 28.8 Å². The standard InChI is InChI=1S/C32H33N5O5S/c1-19-16-23(42-22-9-5-4-6-10-22)11-12-24(19)37-25-13-14-34-30-26(25)27(28(43-30)29(33)38)36(32(37)40)21-8-7-15-35(17-21)31(39)20(2)18-41-3/h4-6,9-14,16,20-21H,7-8,15,17-18H2,1-3H3,(H2,33,38)/t20?,21-/m1/s1. The molecule has 6 rings (SSSR count). The molecule has 2 aliphatic heterocycles. The fraction of sp³-hybridized carbons (Fsp3) is 0.312. The summed E-state index contributed by atoms with van der Waals surface area (Å²) in [5.41, 5.74) is 8.47. The Morgan fingerprint density at radius 3 is 2.63 bits per heavy atom. The van der Waals surface area contributed by atoms with Crippen molar-refractivity contribution in [1.82, 2.24) is 9.88 Å². The van der Waals surface area contributed by atoms with Gasteiger partial charge in [-0.25, -0.2) is 9.78 Å². The molecule has 0 aliphatic carbocycles. The van der Waals surface area contributed by atoms with Gasteiger partial charge in [0.25, 0.3) is 5.91 Å². The molecular formula is C32H33N5O5S. The van der Waals surface area contributed by atoms with Crippen molar-refractivity contribution < 1.29 is 23.9 Å². The molecule has 2 N–H and O–H groups in total. The number of methoxy groups -OCH3 is 1. The molecule has 0 radical (unpaired) electrons. The molecule has 2 atom stereocenters. The van der Waals surface area contributed by atoms with Crippen molar-refractivity contribution in [2.45, 2.75) is 32.7 Å². The van der Waals surface area contributed by atoms with Crippen LogP contribution in [-0.2, 0) is 9.53 Å². The van der Waals surface area contributed by atoms with Crippen molar-refractivity contribution in [2.24, 2.45) is 11.7 Å². The highest BCUT2D eigenvalue weighted by atomic mass is 32.1. The summed E-state index contributed by atoms with van der Waals surface area (Å²) in [5, 5.41) is 0.695. The van der Waals surface area contributed by atoms with E-state index in [9.17, 15) is 14.4 Å². The highest BCUT2D eigenvalue weighted by Gasteiger charge is 2.43. The summed E-state index contributed by atoms with van der Waals surface area (Å²) in [6.45, 7) is 5.01. The van der Waals surface area contributed by atoms with Crippen molar-refractivity contribution in [3.05, 3.63) is 71.2 Å². The number of thiophene rings is 1. The van der Waals surface area contributed by atoms with Gasteiger partial charge in [-0.15, -0.1) is 11.3 Å². The molecule has 2 aromatic heterocycles. The molecule has 4 heterocycles. The number of primary amides is 1. The van der Waals surface area contributed by atoms with Gasteiger partial charge in [-0.2, -0.15) is 0 Å². The van der Waals surface area contributed by atoms with Gasteiger partial charge in [-0.1, -0.05) is 25.1 Å². The Kier molecular flexibility index (Phi) is 7.76. The van der Waals surface area contributed by atoms with E-state index in [0.29, 0.717) is 71.3 Å². The maximum absolute atomic E-state index is 14.7. The Bertz CT molecular complexity index is 1710. The van der Waals surface area contributed by atoms with Gasteiger partial charge in [-0.3, -0.25) is 19.4 Å². The zero-order valence-electron chi connectivity index (χ0n) is 24.3. The Hall–Kier alpha value is -4.48. The first-order valence-electron chi connectivity index (χ1n) is 14.2. The van der Waals surface area contributed by atoms with Crippen molar-refractivity contribution >= 4 is 56.5 Å². The number of anilines is 3. The van der Waals surface area contributed by atoms with Gasteiger partial charge in [0.05, 0.1) is 41.0 Å². The second-order valence-corrected chi connectivity index (χ2v) is 11.9. The van der Waals surface area contributed by atoms with Crippen molar-refractivity contribution in [2.75, 3.05) is 36.6 Å². The van der Waals surface area contributed by atoms with Crippen LogP contribution in [0.3, 0.4) is 0 Å². The van der Waals surface area contributed by atoms with Crippen LogP contribution in [0.5, 0.6) is 11.5 Å². The number of nitrogens with zero attached hydrogens (tertiary/aromatic N) is 4. The number of aryl methyl sites for hydroxylation is 1. The summed E-state index contributed by atoms with van der Waals surface area (Å²) < 4.78 is 11.3. The second kappa shape index (κ2) is 11.7. The van der Waals surface area contributed by atoms with Gasteiger partial charge < -0.3 is 20.1 Å². The number of rotatable bonds is 8. The molecule has 0 bridgehead atoms. The lowest BCUT2D eigenvalue weighted by Crippen LogP contribution is -2.56. The third-order valence-corrected chi connectivity index (χ3v) is 9.05. The van der Waals surface area contributed by atoms with E-state index in [0.717, 1.165) is 5.56 Å². The summed E-state index contributed by atoms with van der Waals surface area (Å²) in [7, 11) is 1.57. The number of carbonyl (C=O) groups is 3. The first-order valence-corrected chi connectivity index (χ1v) is 15.1. The molecule has 11 heteroatoms. The first kappa shape index (κ1) is 28.6. The molecule has 1 fully saturated rings. The number of pyridine rings is 1. The predicted octanol–water partition coefficient (Wildman–Crippen LogP) is 5.85. The van der Waals surface area contributed by atoms with Crippen LogP contribution in [0.4, 0.5) is 21.9 Å². The molecule has 2 aromatic carbocycles. The molecule has 10 nitrogen and oxygen atoms in total. The highest BCUT2D eigenvalue weighted by molar-refractivity contribution is 7.21. The Labute approximate surface area is 253 Å². The van der Waals surface area contributed by atoms with Gasteiger partial charge >= 0.3 is 6.03 Å². The van der Waals surface area contributed by atoms with Crippen LogP contribution in [0, 0.1) is 12.8 Å². The average Bonchev–Trinajstić information content (AvgIpc) is 3.39. The lowest BCUT2D eigenvalue weighted by molar-refractivity contribution is -0.137. The monoisotopic (exact) mass is 599 g/mol. The van der Waals surface area contributed by atoms with Crippen LogP contribution in [0.2, 0.25) is 0 Å². The van der Waals surface area contributed by atoms with Gasteiger partial charge in [0.1, 0.15) is 21.2 Å². The van der Waals surface area contributed by atoms with Gasteiger partial charge in [0, 0.05) is 26.4 Å². The number of para-hydroxylation sites is 1. The number of benzene rings is 2. The summed E-state index contributed by atoms with van der Waals surface area (Å²) in [4.78, 5) is 51.2. The fourth-order valence-electron chi connectivity index (χ4n) is 6.02. The summed E-state index contributed by atoms with van der Waals surface area (Å²) in [6.07, 6.45) is 3.01. The number of aromatic nitrogens is 1. The molecule has 1 unspecified atom stereocenters. The van der Waals surface area contributed by atoms with E-state index in [2.05, 4.69) is 4.98 Å². The Morgan fingerprint density at radius 1 is 1.12 bits per heavy atom. The maximum Gasteiger partial charge on any atom is 0.334 e. The van der Waals surface area contributed by atoms with Crippen LogP contribution in [0.1, 0.15) is 35.0 Å². The number of hydrogen-bond donors (Lipinski definition) is 1. The van der Waals surface area contributed by atoms with Crippen LogP contribution in [0.15, 0.2) is 60.8 Å². The van der Waals surface area contributed by atoms with E-state index >= 15 is 0 Å². The molecule has 43 heavy (non-hydrogen) atoms. The van der Waals surface area contributed by atoms with Gasteiger partial charge in [0.15, 0.2) is 0 Å². The number of piperidine rings is 1. The lowest BCUT2D eigenvalue weighted by Gasteiger charge is -2.44. The second-order valence-electron chi connectivity index (χ2n) is 10.9. The number of likely N-dealkylation sites (tertiary alicyclic amines) is 1. The van der Waals surface area contributed by atoms with E-state index in [1.165, 1.54) is 11.3 Å². The minimum Gasteiger partial charge on any atom is -0.457 e.